The molecular formula is C28H28N4O3. The first-order valence-corrected chi connectivity index (χ1v) is 11.4. The average Bonchev–Trinajstić information content (AvgIpc) is 3.26. The molecule has 0 aliphatic heterocycles. The van der Waals surface area contributed by atoms with Crippen LogP contribution in [0.5, 0.6) is 0 Å². The van der Waals surface area contributed by atoms with Gasteiger partial charge in [0, 0.05) is 18.7 Å². The monoisotopic (exact) mass is 468 g/mol. The van der Waals surface area contributed by atoms with E-state index >= 15 is 0 Å². The van der Waals surface area contributed by atoms with E-state index in [1.807, 2.05) is 84.9 Å². The number of aromatic nitrogens is 2. The van der Waals surface area contributed by atoms with Crippen LogP contribution in [-0.2, 0) is 17.8 Å². The first-order valence-electron chi connectivity index (χ1n) is 11.4. The summed E-state index contributed by atoms with van der Waals surface area (Å²) in [6, 6.07) is 26.1. The second-order valence-electron chi connectivity index (χ2n) is 8.44. The topological polar surface area (TPSA) is 121 Å². The number of carbonyl (C=O) groups excluding carboxylic acids is 1. The van der Waals surface area contributed by atoms with Gasteiger partial charge in [0.25, 0.3) is 5.91 Å². The molecule has 3 aromatic carbocycles. The molecule has 0 saturated heterocycles. The predicted octanol–water partition coefficient (Wildman–Crippen LogP) is 3.78. The summed E-state index contributed by atoms with van der Waals surface area (Å²) < 4.78 is 0. The molecule has 1 aromatic heterocycles. The number of aromatic amines is 1. The zero-order valence-corrected chi connectivity index (χ0v) is 19.4. The maximum atomic E-state index is 13.1. The summed E-state index contributed by atoms with van der Waals surface area (Å²) >= 11 is 0. The van der Waals surface area contributed by atoms with Gasteiger partial charge in [-0.3, -0.25) is 4.79 Å². The normalized spacial score (nSPS) is 11.9. The lowest BCUT2D eigenvalue weighted by Gasteiger charge is -2.16. The van der Waals surface area contributed by atoms with E-state index in [0.717, 1.165) is 22.3 Å². The number of benzene rings is 3. The minimum absolute atomic E-state index is 0.152. The number of amides is 1. The molecule has 7 heteroatoms. The number of carbonyl (C=O) groups is 2. The maximum absolute atomic E-state index is 13.1. The summed E-state index contributed by atoms with van der Waals surface area (Å²) in [4.78, 5) is 32.9. The average molecular weight is 469 g/mol. The number of aryl methyl sites for hydroxylation is 1. The molecule has 1 heterocycles. The first kappa shape index (κ1) is 23.9. The highest BCUT2D eigenvalue weighted by Crippen LogP contribution is 2.30. The van der Waals surface area contributed by atoms with Crippen LogP contribution in [0.1, 0.15) is 50.2 Å². The second-order valence-corrected chi connectivity index (χ2v) is 8.44. The largest absolute Gasteiger partial charge is 0.480 e. The van der Waals surface area contributed by atoms with Gasteiger partial charge in [-0.2, -0.15) is 0 Å². The molecule has 0 fully saturated rings. The smallest absolute Gasteiger partial charge is 0.326 e. The van der Waals surface area contributed by atoms with Crippen molar-refractivity contribution in [2.75, 3.05) is 0 Å². The summed E-state index contributed by atoms with van der Waals surface area (Å²) in [5.74, 6) is -1.22. The van der Waals surface area contributed by atoms with Gasteiger partial charge in [-0.25, -0.2) is 9.78 Å². The van der Waals surface area contributed by atoms with Crippen LogP contribution in [0, 0.1) is 6.92 Å². The van der Waals surface area contributed by atoms with Crippen molar-refractivity contribution in [2.24, 2.45) is 5.73 Å². The van der Waals surface area contributed by atoms with E-state index in [1.165, 1.54) is 0 Å². The van der Waals surface area contributed by atoms with Crippen molar-refractivity contribution >= 4 is 11.9 Å². The molecule has 1 atom stereocenters. The zero-order chi connectivity index (χ0) is 24.8. The van der Waals surface area contributed by atoms with Gasteiger partial charge in [0.15, 0.2) is 0 Å². The van der Waals surface area contributed by atoms with E-state index < -0.39 is 17.9 Å². The standard InChI is InChI=1S/C28H28N4O3/c1-18-25(27(33)31-23(28(34)35)16-19-12-14-20(17-29)15-13-19)32-26(30-18)24(21-8-4-2-5-9-21)22-10-6-3-7-11-22/h2-15,23-24H,16-17,29H2,1H3,(H,30,32)(H,31,33)(H,34,35). The third-order valence-corrected chi connectivity index (χ3v) is 5.96. The summed E-state index contributed by atoms with van der Waals surface area (Å²) in [6.07, 6.45) is 0.152. The third-order valence-electron chi connectivity index (χ3n) is 5.96. The molecule has 4 rings (SSSR count). The summed E-state index contributed by atoms with van der Waals surface area (Å²) in [7, 11) is 0. The van der Waals surface area contributed by atoms with E-state index in [-0.39, 0.29) is 18.0 Å². The van der Waals surface area contributed by atoms with Crippen molar-refractivity contribution in [3.8, 4) is 0 Å². The number of hydrogen-bond acceptors (Lipinski definition) is 4. The molecule has 1 unspecified atom stereocenters. The fraction of sp³-hybridized carbons (Fsp3) is 0.179. The van der Waals surface area contributed by atoms with Crippen molar-refractivity contribution in [1.82, 2.24) is 15.3 Å². The SMILES string of the molecule is Cc1[nH]c(C(c2ccccc2)c2ccccc2)nc1C(=O)NC(Cc1ccc(CN)cc1)C(=O)O. The van der Waals surface area contributed by atoms with Crippen molar-refractivity contribution < 1.29 is 14.7 Å². The van der Waals surface area contributed by atoms with Gasteiger partial charge in [0.1, 0.15) is 17.6 Å². The van der Waals surface area contributed by atoms with E-state index in [4.69, 9.17) is 5.73 Å². The molecule has 0 bridgehead atoms. The zero-order valence-electron chi connectivity index (χ0n) is 19.4. The van der Waals surface area contributed by atoms with Gasteiger partial charge in [-0.05, 0) is 29.2 Å². The maximum Gasteiger partial charge on any atom is 0.326 e. The number of carboxylic acids is 1. The molecule has 7 nitrogen and oxygen atoms in total. The van der Waals surface area contributed by atoms with E-state index in [2.05, 4.69) is 15.3 Å². The minimum atomic E-state index is -1.11. The van der Waals surface area contributed by atoms with Crippen molar-refractivity contribution in [3.63, 3.8) is 0 Å². The number of nitrogens with two attached hydrogens (primary N) is 1. The Kier molecular flexibility index (Phi) is 7.38. The number of hydrogen-bond donors (Lipinski definition) is 4. The van der Waals surface area contributed by atoms with Crippen LogP contribution < -0.4 is 11.1 Å². The molecule has 0 spiro atoms. The highest BCUT2D eigenvalue weighted by molar-refractivity contribution is 5.96. The molecule has 1 amide bonds. The number of carboxylic acid groups (broad SMARTS) is 1. The molecule has 0 radical (unpaired) electrons. The lowest BCUT2D eigenvalue weighted by molar-refractivity contribution is -0.139. The Morgan fingerprint density at radius 2 is 1.46 bits per heavy atom. The lowest BCUT2D eigenvalue weighted by Crippen LogP contribution is -2.42. The van der Waals surface area contributed by atoms with Crippen LogP contribution in [0.15, 0.2) is 84.9 Å². The number of nitrogens with one attached hydrogen (secondary N) is 2. The fourth-order valence-corrected chi connectivity index (χ4v) is 4.11. The molecule has 35 heavy (non-hydrogen) atoms. The second kappa shape index (κ2) is 10.8. The van der Waals surface area contributed by atoms with Crippen molar-refractivity contribution in [2.45, 2.75) is 31.8 Å². The number of aliphatic carboxylic acids is 1. The van der Waals surface area contributed by atoms with Crippen LogP contribution in [-0.4, -0.2) is 33.0 Å². The van der Waals surface area contributed by atoms with Crippen molar-refractivity contribution in [1.29, 1.82) is 0 Å². The van der Waals surface area contributed by atoms with Crippen LogP contribution in [0.2, 0.25) is 0 Å². The van der Waals surface area contributed by atoms with Gasteiger partial charge in [-0.1, -0.05) is 84.9 Å². The Morgan fingerprint density at radius 1 is 0.914 bits per heavy atom. The fourth-order valence-electron chi connectivity index (χ4n) is 4.11. The van der Waals surface area contributed by atoms with Crippen LogP contribution in [0.3, 0.4) is 0 Å². The molecule has 0 aliphatic rings. The summed E-state index contributed by atoms with van der Waals surface area (Å²) in [5, 5.41) is 12.4. The van der Waals surface area contributed by atoms with Gasteiger partial charge in [0.2, 0.25) is 0 Å². The Balaban J connectivity index is 1.59. The summed E-state index contributed by atoms with van der Waals surface area (Å²) in [5.41, 5.74) is 10.2. The highest BCUT2D eigenvalue weighted by Gasteiger charge is 2.26. The summed E-state index contributed by atoms with van der Waals surface area (Å²) in [6.45, 7) is 2.17. The Labute approximate surface area is 204 Å². The molecule has 4 aromatic rings. The minimum Gasteiger partial charge on any atom is -0.480 e. The quantitative estimate of drug-likeness (QED) is 0.298. The number of nitrogens with zero attached hydrogens (tertiary/aromatic N) is 1. The van der Waals surface area contributed by atoms with Gasteiger partial charge in [0.05, 0.1) is 5.92 Å². The van der Waals surface area contributed by atoms with E-state index in [0.29, 0.717) is 18.1 Å². The molecule has 5 N–H and O–H groups in total. The molecule has 0 aliphatic carbocycles. The van der Waals surface area contributed by atoms with Gasteiger partial charge in [-0.15, -0.1) is 0 Å². The lowest BCUT2D eigenvalue weighted by atomic mass is 9.91. The van der Waals surface area contributed by atoms with Gasteiger partial charge < -0.3 is 21.1 Å². The van der Waals surface area contributed by atoms with Crippen LogP contribution in [0.25, 0.3) is 0 Å². The van der Waals surface area contributed by atoms with Gasteiger partial charge >= 0.3 is 5.97 Å². The number of rotatable bonds is 9. The predicted molar refractivity (Wildman–Crippen MR) is 134 cm³/mol. The first-order chi connectivity index (χ1) is 17.0. The van der Waals surface area contributed by atoms with E-state index in [1.54, 1.807) is 6.92 Å². The third kappa shape index (κ3) is 5.65. The molecule has 0 saturated carbocycles. The highest BCUT2D eigenvalue weighted by atomic mass is 16.4. The van der Waals surface area contributed by atoms with Crippen LogP contribution in [0.4, 0.5) is 0 Å². The van der Waals surface area contributed by atoms with E-state index in [9.17, 15) is 14.7 Å². The number of imidazole rings is 1. The Morgan fingerprint density at radius 3 is 1.97 bits per heavy atom. The molecular weight excluding hydrogens is 440 g/mol. The van der Waals surface area contributed by atoms with Crippen molar-refractivity contribution in [3.05, 3.63) is 124 Å². The Hall–Kier alpha value is -4.23. The Bertz CT molecular complexity index is 1250. The number of H-pyrrole nitrogens is 1. The van der Waals surface area contributed by atoms with Crippen LogP contribution >= 0.6 is 0 Å². The molecule has 178 valence electrons.